The van der Waals surface area contributed by atoms with Crippen molar-refractivity contribution in [3.63, 3.8) is 0 Å². The molecule has 0 aliphatic carbocycles. The molecule has 2 aromatic carbocycles. The smallest absolute Gasteiger partial charge is 0.346 e. The number of carbonyl (C=O) groups excluding carboxylic acids is 2. The molecule has 1 aliphatic heterocycles. The zero-order valence-corrected chi connectivity index (χ0v) is 18.0. The molecule has 1 aliphatic rings. The molecule has 2 heterocycles. The summed E-state index contributed by atoms with van der Waals surface area (Å²) in [5.74, 6) is -4.14. The molecule has 1 aromatic heterocycles. The van der Waals surface area contributed by atoms with Crippen molar-refractivity contribution in [2.75, 3.05) is 4.90 Å². The minimum absolute atomic E-state index is 0.0199. The number of carboxylic acids is 1. The normalized spacial score (nSPS) is 14.3. The minimum Gasteiger partial charge on any atom is -0.486 e. The lowest BCUT2D eigenvalue weighted by Gasteiger charge is -2.27. The van der Waals surface area contributed by atoms with Gasteiger partial charge in [0.25, 0.3) is 5.91 Å². The standard InChI is InChI=1S/C22H14ClF2NO5S/c1-10(18-14(24)3-2-4-15(18)25)31-12-5-6-13(23)16(8-12)26-17(27)7-11-9-32-20(22(29)30)19(11)21(26)28/h2-6,8-10H,7H2,1H3,(H,29,30). The zero-order chi connectivity index (χ0) is 23.2. The van der Waals surface area contributed by atoms with Crippen LogP contribution in [0.25, 0.3) is 0 Å². The Bertz CT molecular complexity index is 1250. The lowest BCUT2D eigenvalue weighted by molar-refractivity contribution is -0.117. The maximum Gasteiger partial charge on any atom is 0.346 e. The number of fused-ring (bicyclic) bond motifs is 1. The van der Waals surface area contributed by atoms with Gasteiger partial charge in [-0.3, -0.25) is 9.59 Å². The first-order valence-electron chi connectivity index (χ1n) is 9.30. The first kappa shape index (κ1) is 21.9. The molecule has 32 heavy (non-hydrogen) atoms. The largest absolute Gasteiger partial charge is 0.486 e. The van der Waals surface area contributed by atoms with Crippen molar-refractivity contribution in [2.24, 2.45) is 0 Å². The third-order valence-electron chi connectivity index (χ3n) is 4.95. The van der Waals surface area contributed by atoms with Gasteiger partial charge in [-0.25, -0.2) is 18.5 Å². The number of hydrogen-bond donors (Lipinski definition) is 1. The molecule has 1 atom stereocenters. The number of aromatic carboxylic acids is 1. The Labute approximate surface area is 189 Å². The van der Waals surface area contributed by atoms with Gasteiger partial charge in [0, 0.05) is 6.07 Å². The van der Waals surface area contributed by atoms with Gasteiger partial charge >= 0.3 is 5.97 Å². The summed E-state index contributed by atoms with van der Waals surface area (Å²) in [6.45, 7) is 1.45. The third kappa shape index (κ3) is 3.74. The first-order valence-corrected chi connectivity index (χ1v) is 10.6. The topological polar surface area (TPSA) is 83.9 Å². The average molecular weight is 478 g/mol. The van der Waals surface area contributed by atoms with Gasteiger partial charge in [-0.05, 0) is 42.1 Å². The van der Waals surface area contributed by atoms with E-state index < -0.39 is 35.5 Å². The number of amides is 2. The molecule has 6 nitrogen and oxygen atoms in total. The summed E-state index contributed by atoms with van der Waals surface area (Å²) in [7, 11) is 0. The fourth-order valence-electron chi connectivity index (χ4n) is 3.53. The molecular weight excluding hydrogens is 464 g/mol. The van der Waals surface area contributed by atoms with Gasteiger partial charge in [0.2, 0.25) is 5.91 Å². The summed E-state index contributed by atoms with van der Waals surface area (Å²) in [5, 5.41) is 10.9. The van der Waals surface area contributed by atoms with E-state index in [1.54, 1.807) is 0 Å². The lowest BCUT2D eigenvalue weighted by Crippen LogP contribution is -2.42. The van der Waals surface area contributed by atoms with Crippen LogP contribution in [0.4, 0.5) is 14.5 Å². The summed E-state index contributed by atoms with van der Waals surface area (Å²) in [4.78, 5) is 37.9. The van der Waals surface area contributed by atoms with Crippen LogP contribution in [-0.2, 0) is 11.2 Å². The SMILES string of the molecule is CC(Oc1ccc(Cl)c(N2C(=O)Cc3csc(C(=O)O)c3C2=O)c1)c1c(F)cccc1F. The summed E-state index contributed by atoms with van der Waals surface area (Å²) < 4.78 is 33.8. The monoisotopic (exact) mass is 477 g/mol. The Kier molecular flexibility index (Phi) is 5.70. The van der Waals surface area contributed by atoms with E-state index in [9.17, 15) is 28.3 Å². The average Bonchev–Trinajstić information content (AvgIpc) is 3.14. The number of anilines is 1. The number of ether oxygens (including phenoxy) is 1. The molecule has 2 amide bonds. The van der Waals surface area contributed by atoms with Crippen LogP contribution in [0.5, 0.6) is 5.75 Å². The minimum atomic E-state index is -1.28. The molecule has 0 radical (unpaired) electrons. The van der Waals surface area contributed by atoms with E-state index in [2.05, 4.69) is 0 Å². The number of hydrogen-bond acceptors (Lipinski definition) is 5. The van der Waals surface area contributed by atoms with Crippen molar-refractivity contribution in [2.45, 2.75) is 19.4 Å². The van der Waals surface area contributed by atoms with Crippen molar-refractivity contribution in [1.29, 1.82) is 0 Å². The molecule has 0 saturated heterocycles. The maximum atomic E-state index is 14.1. The Hall–Kier alpha value is -3.30. The van der Waals surface area contributed by atoms with Gasteiger partial charge in [-0.15, -0.1) is 11.3 Å². The van der Waals surface area contributed by atoms with Gasteiger partial charge in [0.15, 0.2) is 0 Å². The van der Waals surface area contributed by atoms with Crippen LogP contribution < -0.4 is 9.64 Å². The number of imide groups is 1. The van der Waals surface area contributed by atoms with Crippen molar-refractivity contribution in [3.05, 3.63) is 80.0 Å². The molecule has 3 aromatic rings. The molecule has 0 bridgehead atoms. The summed E-state index contributed by atoms with van der Waals surface area (Å²) in [6.07, 6.45) is -1.21. The van der Waals surface area contributed by atoms with Crippen LogP contribution >= 0.6 is 22.9 Å². The summed E-state index contributed by atoms with van der Waals surface area (Å²) in [5.41, 5.74) is -0.0196. The van der Waals surface area contributed by atoms with Crippen molar-refractivity contribution < 1.29 is 33.0 Å². The second-order valence-corrected chi connectivity index (χ2v) is 8.28. The van der Waals surface area contributed by atoms with Gasteiger partial charge in [0.1, 0.15) is 28.4 Å². The highest BCUT2D eigenvalue weighted by Gasteiger charge is 2.37. The number of halogens is 3. The van der Waals surface area contributed by atoms with Crippen LogP contribution in [0.15, 0.2) is 41.8 Å². The number of benzene rings is 2. The highest BCUT2D eigenvalue weighted by molar-refractivity contribution is 7.12. The second kappa shape index (κ2) is 8.33. The summed E-state index contributed by atoms with van der Waals surface area (Å²) >= 11 is 7.10. The molecule has 1 N–H and O–H groups in total. The quantitative estimate of drug-likeness (QED) is 0.507. The predicted octanol–water partition coefficient (Wildman–Crippen LogP) is 5.25. The molecule has 4 rings (SSSR count). The van der Waals surface area contributed by atoms with Gasteiger partial charge in [-0.2, -0.15) is 0 Å². The molecule has 0 fully saturated rings. The van der Waals surface area contributed by atoms with E-state index in [1.807, 2.05) is 0 Å². The number of carboxylic acid groups (broad SMARTS) is 1. The molecule has 1 unspecified atom stereocenters. The lowest BCUT2D eigenvalue weighted by atomic mass is 10.0. The maximum absolute atomic E-state index is 14.1. The van der Waals surface area contributed by atoms with E-state index >= 15 is 0 Å². The molecule has 0 spiro atoms. The Balaban J connectivity index is 1.70. The van der Waals surface area contributed by atoms with Crippen LogP contribution in [0.3, 0.4) is 0 Å². The predicted molar refractivity (Wildman–Crippen MR) is 114 cm³/mol. The van der Waals surface area contributed by atoms with Crippen LogP contribution in [0, 0.1) is 11.6 Å². The second-order valence-electron chi connectivity index (χ2n) is 6.99. The van der Waals surface area contributed by atoms with Crippen LogP contribution in [0.1, 0.15) is 44.2 Å². The van der Waals surface area contributed by atoms with E-state index in [0.717, 1.165) is 28.4 Å². The van der Waals surface area contributed by atoms with E-state index in [-0.39, 0.29) is 38.9 Å². The highest BCUT2D eigenvalue weighted by Crippen LogP contribution is 2.37. The van der Waals surface area contributed by atoms with E-state index in [0.29, 0.717) is 5.56 Å². The fraction of sp³-hybridized carbons (Fsp3) is 0.136. The van der Waals surface area contributed by atoms with Crippen molar-refractivity contribution in [3.8, 4) is 5.75 Å². The van der Waals surface area contributed by atoms with Crippen molar-refractivity contribution in [1.82, 2.24) is 0 Å². The number of nitrogens with zero attached hydrogens (tertiary/aromatic N) is 1. The van der Waals surface area contributed by atoms with Gasteiger partial charge in [-0.1, -0.05) is 17.7 Å². The Morgan fingerprint density at radius 1 is 1.22 bits per heavy atom. The molecule has 10 heteroatoms. The van der Waals surface area contributed by atoms with Crippen LogP contribution in [-0.4, -0.2) is 22.9 Å². The molecule has 0 saturated carbocycles. The number of rotatable bonds is 5. The van der Waals surface area contributed by atoms with Crippen LogP contribution in [0.2, 0.25) is 5.02 Å². The number of carbonyl (C=O) groups is 3. The summed E-state index contributed by atoms with van der Waals surface area (Å²) in [6, 6.07) is 7.55. The van der Waals surface area contributed by atoms with Gasteiger partial charge in [0.05, 0.1) is 28.3 Å². The molecule has 164 valence electrons. The Morgan fingerprint density at radius 3 is 2.56 bits per heavy atom. The number of thiophene rings is 1. The van der Waals surface area contributed by atoms with Gasteiger partial charge < -0.3 is 9.84 Å². The fourth-order valence-corrected chi connectivity index (χ4v) is 4.63. The van der Waals surface area contributed by atoms with E-state index in [4.69, 9.17) is 16.3 Å². The third-order valence-corrected chi connectivity index (χ3v) is 6.28. The van der Waals surface area contributed by atoms with E-state index in [1.165, 1.54) is 36.6 Å². The van der Waals surface area contributed by atoms with Crippen molar-refractivity contribution >= 4 is 46.4 Å². The highest BCUT2D eigenvalue weighted by atomic mass is 35.5. The molecular formula is C22H14ClF2NO5S. The first-order chi connectivity index (χ1) is 15.2. The Morgan fingerprint density at radius 2 is 1.91 bits per heavy atom. The zero-order valence-electron chi connectivity index (χ0n) is 16.4.